The van der Waals surface area contributed by atoms with Crippen LogP contribution in [0.15, 0.2) is 60.7 Å². The number of halogens is 1. The van der Waals surface area contributed by atoms with E-state index in [1.807, 2.05) is 47.1 Å². The molecule has 0 bridgehead atoms. The molecule has 6 heteroatoms. The molecule has 1 fully saturated rings. The second kappa shape index (κ2) is 10.8. The number of nitrogens with one attached hydrogen (secondary N) is 1. The third-order valence-electron chi connectivity index (χ3n) is 6.16. The van der Waals surface area contributed by atoms with Crippen molar-refractivity contribution >= 4 is 5.91 Å². The third-order valence-corrected chi connectivity index (χ3v) is 6.16. The molecule has 0 radical (unpaired) electrons. The van der Waals surface area contributed by atoms with E-state index in [0.717, 1.165) is 55.8 Å². The van der Waals surface area contributed by atoms with Crippen LogP contribution in [0.2, 0.25) is 0 Å². The Morgan fingerprint density at radius 1 is 1.15 bits per heavy atom. The van der Waals surface area contributed by atoms with Crippen molar-refractivity contribution in [2.45, 2.75) is 33.1 Å². The molecule has 33 heavy (non-hydrogen) atoms. The minimum absolute atomic E-state index is 0.118. The lowest BCUT2D eigenvalue weighted by molar-refractivity contribution is 0.0942. The van der Waals surface area contributed by atoms with Crippen LogP contribution in [0.4, 0.5) is 4.39 Å². The van der Waals surface area contributed by atoms with E-state index in [-0.39, 0.29) is 11.7 Å². The first-order chi connectivity index (χ1) is 16.0. The molecular formula is C27H33FN4O. The molecule has 1 aliphatic heterocycles. The lowest BCUT2D eigenvalue weighted by atomic mass is 10.1. The second-order valence-electron chi connectivity index (χ2n) is 9.41. The number of amides is 1. The molecule has 1 aromatic heterocycles. The number of benzene rings is 2. The SMILES string of the molecule is CC(C)Cc1cc(C(=O)NC[C@H]2CCN(CCc3cccc(F)c3)C2)nn1-c1ccccc1. The molecule has 2 heterocycles. The summed E-state index contributed by atoms with van der Waals surface area (Å²) in [6.45, 7) is 7.86. The van der Waals surface area contributed by atoms with E-state index >= 15 is 0 Å². The Hall–Kier alpha value is -2.99. The van der Waals surface area contributed by atoms with E-state index in [2.05, 4.69) is 29.2 Å². The number of rotatable bonds is 9. The van der Waals surface area contributed by atoms with Gasteiger partial charge in [-0.1, -0.05) is 44.2 Å². The smallest absolute Gasteiger partial charge is 0.271 e. The molecular weight excluding hydrogens is 415 g/mol. The van der Waals surface area contributed by atoms with E-state index in [1.165, 1.54) is 6.07 Å². The molecule has 1 aliphatic rings. The number of carbonyl (C=O) groups is 1. The van der Waals surface area contributed by atoms with Crippen molar-refractivity contribution in [2.24, 2.45) is 11.8 Å². The Morgan fingerprint density at radius 3 is 2.73 bits per heavy atom. The van der Waals surface area contributed by atoms with E-state index in [0.29, 0.717) is 24.1 Å². The van der Waals surface area contributed by atoms with Crippen molar-refractivity contribution in [2.75, 3.05) is 26.2 Å². The molecule has 1 atom stereocenters. The normalized spacial score (nSPS) is 16.4. The van der Waals surface area contributed by atoms with Gasteiger partial charge in [0.25, 0.3) is 5.91 Å². The monoisotopic (exact) mass is 448 g/mol. The largest absolute Gasteiger partial charge is 0.350 e. The summed E-state index contributed by atoms with van der Waals surface area (Å²) in [6.07, 6.45) is 2.75. The first kappa shape index (κ1) is 23.2. The summed E-state index contributed by atoms with van der Waals surface area (Å²) in [5, 5.41) is 7.72. The Morgan fingerprint density at radius 2 is 1.97 bits per heavy atom. The van der Waals surface area contributed by atoms with Crippen molar-refractivity contribution in [1.29, 1.82) is 0 Å². The molecule has 3 aromatic rings. The molecule has 1 amide bonds. The number of hydrogen-bond donors (Lipinski definition) is 1. The highest BCUT2D eigenvalue weighted by atomic mass is 19.1. The van der Waals surface area contributed by atoms with Crippen LogP contribution in [0.1, 0.15) is 42.0 Å². The molecule has 1 N–H and O–H groups in total. The molecule has 4 rings (SSSR count). The minimum atomic E-state index is -0.180. The Balaban J connectivity index is 1.31. The molecule has 2 aromatic carbocycles. The van der Waals surface area contributed by atoms with Gasteiger partial charge in [-0.2, -0.15) is 5.10 Å². The van der Waals surface area contributed by atoms with Gasteiger partial charge in [-0.3, -0.25) is 4.79 Å². The van der Waals surface area contributed by atoms with E-state index in [1.54, 1.807) is 12.1 Å². The highest BCUT2D eigenvalue weighted by molar-refractivity contribution is 5.92. The molecule has 174 valence electrons. The lowest BCUT2D eigenvalue weighted by Gasteiger charge is -2.16. The fourth-order valence-corrected chi connectivity index (χ4v) is 4.48. The van der Waals surface area contributed by atoms with Crippen LogP contribution < -0.4 is 5.32 Å². The summed E-state index contributed by atoms with van der Waals surface area (Å²) in [6, 6.07) is 18.7. The van der Waals surface area contributed by atoms with Crippen LogP contribution in [0, 0.1) is 17.7 Å². The van der Waals surface area contributed by atoms with E-state index < -0.39 is 0 Å². The van der Waals surface area contributed by atoms with Crippen LogP contribution in [0.5, 0.6) is 0 Å². The number of aromatic nitrogens is 2. The minimum Gasteiger partial charge on any atom is -0.350 e. The quantitative estimate of drug-likeness (QED) is 0.524. The van der Waals surface area contributed by atoms with Gasteiger partial charge in [-0.25, -0.2) is 9.07 Å². The molecule has 0 saturated carbocycles. The van der Waals surface area contributed by atoms with Gasteiger partial charge in [0.2, 0.25) is 0 Å². The highest BCUT2D eigenvalue weighted by Crippen LogP contribution is 2.18. The summed E-state index contributed by atoms with van der Waals surface area (Å²) in [5.41, 5.74) is 3.51. The van der Waals surface area contributed by atoms with Gasteiger partial charge >= 0.3 is 0 Å². The van der Waals surface area contributed by atoms with E-state index in [9.17, 15) is 9.18 Å². The van der Waals surface area contributed by atoms with Gasteiger partial charge in [-0.05, 0) is 73.5 Å². The highest BCUT2D eigenvalue weighted by Gasteiger charge is 2.23. The van der Waals surface area contributed by atoms with Crippen molar-refractivity contribution < 1.29 is 9.18 Å². The molecule has 0 aliphatic carbocycles. The average Bonchev–Trinajstić information content (AvgIpc) is 3.43. The van der Waals surface area contributed by atoms with Crippen molar-refractivity contribution in [1.82, 2.24) is 20.0 Å². The number of likely N-dealkylation sites (tertiary alicyclic amines) is 1. The number of nitrogens with zero attached hydrogens (tertiary/aromatic N) is 3. The van der Waals surface area contributed by atoms with Crippen LogP contribution in [-0.2, 0) is 12.8 Å². The van der Waals surface area contributed by atoms with Crippen LogP contribution >= 0.6 is 0 Å². The fourth-order valence-electron chi connectivity index (χ4n) is 4.48. The topological polar surface area (TPSA) is 50.2 Å². The first-order valence-electron chi connectivity index (χ1n) is 11.9. The van der Waals surface area contributed by atoms with Crippen molar-refractivity contribution in [3.63, 3.8) is 0 Å². The molecule has 0 spiro atoms. The fraction of sp³-hybridized carbons (Fsp3) is 0.407. The maximum atomic E-state index is 13.4. The van der Waals surface area contributed by atoms with Crippen molar-refractivity contribution in [3.05, 3.63) is 83.4 Å². The first-order valence-corrected chi connectivity index (χ1v) is 11.9. The Bertz CT molecular complexity index is 1060. The zero-order valence-electron chi connectivity index (χ0n) is 19.5. The van der Waals surface area contributed by atoms with Gasteiger partial charge in [0.1, 0.15) is 5.82 Å². The molecule has 5 nitrogen and oxygen atoms in total. The van der Waals surface area contributed by atoms with Crippen molar-refractivity contribution in [3.8, 4) is 5.69 Å². The average molecular weight is 449 g/mol. The second-order valence-corrected chi connectivity index (χ2v) is 9.41. The number of hydrogen-bond acceptors (Lipinski definition) is 3. The number of carbonyl (C=O) groups excluding carboxylic acids is 1. The van der Waals surface area contributed by atoms with Crippen LogP contribution in [0.3, 0.4) is 0 Å². The van der Waals surface area contributed by atoms with Gasteiger partial charge in [0.05, 0.1) is 5.69 Å². The summed E-state index contributed by atoms with van der Waals surface area (Å²) in [4.78, 5) is 15.3. The summed E-state index contributed by atoms with van der Waals surface area (Å²) in [7, 11) is 0. The van der Waals surface area contributed by atoms with Gasteiger partial charge < -0.3 is 10.2 Å². The van der Waals surface area contributed by atoms with Gasteiger partial charge in [0.15, 0.2) is 5.69 Å². The third kappa shape index (κ3) is 6.29. The summed E-state index contributed by atoms with van der Waals surface area (Å²) < 4.78 is 15.3. The van der Waals surface area contributed by atoms with Gasteiger partial charge in [0, 0.05) is 25.3 Å². The zero-order valence-corrected chi connectivity index (χ0v) is 19.5. The summed E-state index contributed by atoms with van der Waals surface area (Å²) >= 11 is 0. The Kier molecular flexibility index (Phi) is 7.55. The van der Waals surface area contributed by atoms with E-state index in [4.69, 9.17) is 0 Å². The Labute approximate surface area is 195 Å². The molecule has 1 saturated heterocycles. The maximum absolute atomic E-state index is 13.4. The van der Waals surface area contributed by atoms with Crippen LogP contribution in [-0.4, -0.2) is 46.8 Å². The predicted octanol–water partition coefficient (Wildman–Crippen LogP) is 4.50. The predicted molar refractivity (Wildman–Crippen MR) is 129 cm³/mol. The van der Waals surface area contributed by atoms with Gasteiger partial charge in [-0.15, -0.1) is 0 Å². The zero-order chi connectivity index (χ0) is 23.2. The summed E-state index contributed by atoms with van der Waals surface area (Å²) in [5.74, 6) is 0.596. The maximum Gasteiger partial charge on any atom is 0.271 e. The molecule has 0 unspecified atom stereocenters. The number of para-hydroxylation sites is 1. The standard InChI is InChI=1S/C27H33FN4O/c1-20(2)15-25-17-26(30-32(25)24-9-4-3-5-10-24)27(33)29-18-22-12-14-31(19-22)13-11-21-7-6-8-23(28)16-21/h3-10,16-17,20,22H,11-15,18-19H2,1-2H3,(H,29,33)/t22-/m1/s1. The van der Waals surface area contributed by atoms with Crippen LogP contribution in [0.25, 0.3) is 5.69 Å². The lowest BCUT2D eigenvalue weighted by Crippen LogP contribution is -2.31.